The number of sulfone groups is 1. The van der Waals surface area contributed by atoms with Gasteiger partial charge in [-0.1, -0.05) is 18.2 Å². The first kappa shape index (κ1) is 24.0. The highest BCUT2D eigenvalue weighted by molar-refractivity contribution is 8.01. The molecule has 0 unspecified atom stereocenters. The second-order valence-corrected chi connectivity index (χ2v) is 12.1. The number of carbonyl (C=O) groups is 1. The zero-order valence-corrected chi connectivity index (χ0v) is 20.9. The number of benzene rings is 1. The lowest BCUT2D eigenvalue weighted by Gasteiger charge is -2.35. The van der Waals surface area contributed by atoms with E-state index in [1.807, 2.05) is 37.9 Å². The van der Waals surface area contributed by atoms with Crippen LogP contribution in [0.3, 0.4) is 0 Å². The number of pyridine rings is 1. The Kier molecular flexibility index (Phi) is 6.02. The van der Waals surface area contributed by atoms with Crippen LogP contribution in [-0.4, -0.2) is 33.0 Å². The van der Waals surface area contributed by atoms with E-state index in [-0.39, 0.29) is 10.7 Å². The number of esters is 1. The molecule has 0 saturated heterocycles. The number of fused-ring (bicyclic) bond motifs is 1. The number of hydrogen-bond acceptors (Lipinski definition) is 6. The number of ether oxygens (including phenoxy) is 1. The summed E-state index contributed by atoms with van der Waals surface area (Å²) in [7, 11) is -1.98. The maximum absolute atomic E-state index is 14.1. The molecule has 6 nitrogen and oxygen atoms in total. The molecule has 1 aromatic carbocycles. The van der Waals surface area contributed by atoms with Gasteiger partial charge in [-0.3, -0.25) is 9.78 Å². The lowest BCUT2D eigenvalue weighted by Crippen LogP contribution is -2.36. The molecule has 0 aliphatic carbocycles. The fraction of sp³-hybridized carbons (Fsp3) is 0.440. The zero-order valence-electron chi connectivity index (χ0n) is 20.1. The first-order valence-corrected chi connectivity index (χ1v) is 12.2. The zero-order chi connectivity index (χ0) is 24.1. The van der Waals surface area contributed by atoms with Crippen molar-refractivity contribution in [2.24, 2.45) is 5.41 Å². The average molecular weight is 457 g/mol. The van der Waals surface area contributed by atoms with Gasteiger partial charge >= 0.3 is 5.97 Å². The minimum atomic E-state index is -3.94. The highest BCUT2D eigenvalue weighted by Gasteiger charge is 2.49. The van der Waals surface area contributed by atoms with E-state index < -0.39 is 26.0 Å². The average Bonchev–Trinajstić information content (AvgIpc) is 2.72. The van der Waals surface area contributed by atoms with Crippen LogP contribution >= 0.6 is 0 Å². The predicted octanol–water partition coefficient (Wildman–Crippen LogP) is 4.92. The minimum Gasteiger partial charge on any atom is -0.422 e. The van der Waals surface area contributed by atoms with Gasteiger partial charge in [0.15, 0.2) is 15.6 Å². The van der Waals surface area contributed by atoms with E-state index in [1.165, 1.54) is 0 Å². The summed E-state index contributed by atoms with van der Waals surface area (Å²) in [5.41, 5.74) is 2.31. The third-order valence-electron chi connectivity index (χ3n) is 6.06. The fourth-order valence-corrected chi connectivity index (χ4v) is 5.62. The van der Waals surface area contributed by atoms with Crippen molar-refractivity contribution in [2.45, 2.75) is 53.2 Å². The monoisotopic (exact) mass is 456 g/mol. The lowest BCUT2D eigenvalue weighted by atomic mass is 9.95. The molecule has 172 valence electrons. The Labute approximate surface area is 191 Å². The molecule has 1 aromatic heterocycles. The van der Waals surface area contributed by atoms with E-state index in [1.54, 1.807) is 59.0 Å². The summed E-state index contributed by atoms with van der Waals surface area (Å²) >= 11 is 0. The van der Waals surface area contributed by atoms with Gasteiger partial charge in [0.2, 0.25) is 0 Å². The number of nitrogens with zero attached hydrogens (tertiary/aromatic N) is 2. The van der Waals surface area contributed by atoms with Crippen molar-refractivity contribution in [2.75, 3.05) is 18.5 Å². The van der Waals surface area contributed by atoms with Crippen molar-refractivity contribution in [1.82, 2.24) is 4.98 Å². The second-order valence-electron chi connectivity index (χ2n) is 9.67. The normalized spacial score (nSPS) is 17.0. The Morgan fingerprint density at radius 3 is 2.41 bits per heavy atom. The van der Waals surface area contributed by atoms with Gasteiger partial charge < -0.3 is 9.64 Å². The first-order chi connectivity index (χ1) is 14.7. The molecule has 0 amide bonds. The van der Waals surface area contributed by atoms with Gasteiger partial charge in [0.05, 0.1) is 10.2 Å². The first-order valence-electron chi connectivity index (χ1n) is 10.7. The van der Waals surface area contributed by atoms with Gasteiger partial charge in [0, 0.05) is 36.6 Å². The summed E-state index contributed by atoms with van der Waals surface area (Å²) in [5.74, 6) is -0.518. The van der Waals surface area contributed by atoms with Crippen molar-refractivity contribution in [3.63, 3.8) is 0 Å². The van der Waals surface area contributed by atoms with E-state index >= 15 is 0 Å². The van der Waals surface area contributed by atoms with Gasteiger partial charge in [0.1, 0.15) is 10.6 Å². The van der Waals surface area contributed by atoms with Gasteiger partial charge in [-0.2, -0.15) is 0 Å². The summed E-state index contributed by atoms with van der Waals surface area (Å²) in [5, 5.41) is 0. The molecule has 3 rings (SSSR count). The van der Waals surface area contributed by atoms with Gasteiger partial charge in [-0.25, -0.2) is 8.42 Å². The van der Waals surface area contributed by atoms with Gasteiger partial charge in [0.25, 0.3) is 0 Å². The maximum Gasteiger partial charge on any atom is 0.316 e. The standard InChI is InChI=1S/C25H32N2O4S/c1-9-27(8)19-14-10-12-17(16(19)2)22-21(31-23(28)24(3,4)5)20-18(13-11-15-26-20)25(6,7)32(22,29)30/h10-15H,9H2,1-8H3. The Bertz CT molecular complexity index is 1200. The SMILES string of the molecule is CCN(C)c1cccc(C2=C(OC(=O)C(C)(C)C)c3ncccc3C(C)(C)S2(=O)=O)c1C. The van der Waals surface area contributed by atoms with Gasteiger partial charge in [-0.15, -0.1) is 0 Å². The highest BCUT2D eigenvalue weighted by Crippen LogP contribution is 2.50. The number of hydrogen-bond donors (Lipinski definition) is 0. The maximum atomic E-state index is 14.1. The number of rotatable bonds is 4. The van der Waals surface area contributed by atoms with Crippen LogP contribution in [0.25, 0.3) is 10.7 Å². The second kappa shape index (κ2) is 8.03. The smallest absolute Gasteiger partial charge is 0.316 e. The molecule has 1 aliphatic rings. The van der Waals surface area contributed by atoms with Crippen LogP contribution in [-0.2, 0) is 24.1 Å². The topological polar surface area (TPSA) is 76.6 Å². The number of aromatic nitrogens is 1. The van der Waals surface area contributed by atoms with Crippen LogP contribution in [0, 0.1) is 12.3 Å². The van der Waals surface area contributed by atoms with Crippen LogP contribution in [0.4, 0.5) is 5.69 Å². The Morgan fingerprint density at radius 1 is 1.16 bits per heavy atom. The molecule has 0 saturated carbocycles. The molecule has 0 fully saturated rings. The molecule has 2 heterocycles. The summed E-state index contributed by atoms with van der Waals surface area (Å²) in [6.07, 6.45) is 1.59. The highest BCUT2D eigenvalue weighted by atomic mass is 32.2. The largest absolute Gasteiger partial charge is 0.422 e. The molecule has 0 atom stereocenters. The number of carbonyl (C=O) groups excluding carboxylic acids is 1. The molecule has 2 aromatic rings. The molecular weight excluding hydrogens is 424 g/mol. The van der Waals surface area contributed by atoms with E-state index in [0.717, 1.165) is 17.8 Å². The van der Waals surface area contributed by atoms with Crippen LogP contribution in [0.5, 0.6) is 0 Å². The molecular formula is C25H32N2O4S. The molecule has 32 heavy (non-hydrogen) atoms. The molecule has 0 N–H and O–H groups in total. The summed E-state index contributed by atoms with van der Waals surface area (Å²) < 4.78 is 32.7. The van der Waals surface area contributed by atoms with Crippen molar-refractivity contribution in [1.29, 1.82) is 0 Å². The minimum absolute atomic E-state index is 0.000693. The van der Waals surface area contributed by atoms with Gasteiger partial charge in [-0.05, 0) is 66.2 Å². The summed E-state index contributed by atoms with van der Waals surface area (Å²) in [6, 6.07) is 8.99. The lowest BCUT2D eigenvalue weighted by molar-refractivity contribution is -0.145. The van der Waals surface area contributed by atoms with Crippen LogP contribution < -0.4 is 4.90 Å². The van der Waals surface area contributed by atoms with E-state index in [0.29, 0.717) is 16.8 Å². The molecule has 1 aliphatic heterocycles. The van der Waals surface area contributed by atoms with E-state index in [4.69, 9.17) is 4.74 Å². The third-order valence-corrected chi connectivity index (χ3v) is 8.57. The van der Waals surface area contributed by atoms with Crippen LogP contribution in [0.1, 0.15) is 63.9 Å². The Hall–Kier alpha value is -2.67. The summed E-state index contributed by atoms with van der Waals surface area (Å²) in [4.78, 5) is 19.4. The molecule has 0 spiro atoms. The number of anilines is 1. The van der Waals surface area contributed by atoms with Crippen molar-refractivity contribution in [3.8, 4) is 0 Å². The van der Waals surface area contributed by atoms with Crippen molar-refractivity contribution < 1.29 is 17.9 Å². The van der Waals surface area contributed by atoms with Crippen LogP contribution in [0.15, 0.2) is 36.5 Å². The fourth-order valence-electron chi connectivity index (χ4n) is 3.76. The van der Waals surface area contributed by atoms with E-state index in [9.17, 15) is 13.2 Å². The Balaban J connectivity index is 2.45. The predicted molar refractivity (Wildman–Crippen MR) is 129 cm³/mol. The summed E-state index contributed by atoms with van der Waals surface area (Å²) in [6.45, 7) is 13.2. The van der Waals surface area contributed by atoms with Crippen molar-refractivity contribution >= 4 is 32.2 Å². The van der Waals surface area contributed by atoms with Crippen molar-refractivity contribution in [3.05, 3.63) is 58.9 Å². The molecule has 7 heteroatoms. The molecule has 0 radical (unpaired) electrons. The third kappa shape index (κ3) is 3.72. The molecule has 0 bridgehead atoms. The van der Waals surface area contributed by atoms with Crippen LogP contribution in [0.2, 0.25) is 0 Å². The Morgan fingerprint density at radius 2 is 1.81 bits per heavy atom. The quantitative estimate of drug-likeness (QED) is 0.608. The van der Waals surface area contributed by atoms with E-state index in [2.05, 4.69) is 4.98 Å².